The molecule has 1 atom stereocenters. The number of piperazine rings is 1. The molecule has 0 radical (unpaired) electrons. The SMILES string of the molecule is Cn1ccnc1CCNC(=O)C1CNC(=O)CN1. The first-order chi connectivity index (χ1) is 8.66. The number of aromatic nitrogens is 2. The van der Waals surface area contributed by atoms with Crippen LogP contribution < -0.4 is 16.0 Å². The van der Waals surface area contributed by atoms with E-state index in [1.54, 1.807) is 6.20 Å². The van der Waals surface area contributed by atoms with Gasteiger partial charge in [-0.2, -0.15) is 0 Å². The van der Waals surface area contributed by atoms with Crippen molar-refractivity contribution in [3.8, 4) is 0 Å². The van der Waals surface area contributed by atoms with Gasteiger partial charge in [0.1, 0.15) is 11.9 Å². The fraction of sp³-hybridized carbons (Fsp3) is 0.545. The summed E-state index contributed by atoms with van der Waals surface area (Å²) in [5.74, 6) is 0.761. The second-order valence-electron chi connectivity index (χ2n) is 4.23. The van der Waals surface area contributed by atoms with Crippen LogP contribution in [0.15, 0.2) is 12.4 Å². The molecule has 1 fully saturated rings. The van der Waals surface area contributed by atoms with Crippen molar-refractivity contribution in [3.63, 3.8) is 0 Å². The maximum Gasteiger partial charge on any atom is 0.238 e. The van der Waals surface area contributed by atoms with Gasteiger partial charge in [-0.05, 0) is 0 Å². The minimum Gasteiger partial charge on any atom is -0.354 e. The summed E-state index contributed by atoms with van der Waals surface area (Å²) in [7, 11) is 1.92. The van der Waals surface area contributed by atoms with Crippen molar-refractivity contribution < 1.29 is 9.59 Å². The molecule has 2 rings (SSSR count). The molecule has 1 aromatic rings. The normalized spacial score (nSPS) is 19.4. The molecule has 2 heterocycles. The van der Waals surface area contributed by atoms with Crippen molar-refractivity contribution in [3.05, 3.63) is 18.2 Å². The predicted octanol–water partition coefficient (Wildman–Crippen LogP) is -1.83. The third kappa shape index (κ3) is 3.07. The average molecular weight is 251 g/mol. The second kappa shape index (κ2) is 5.63. The zero-order valence-corrected chi connectivity index (χ0v) is 10.3. The van der Waals surface area contributed by atoms with E-state index in [0.717, 1.165) is 5.82 Å². The molecule has 7 nitrogen and oxygen atoms in total. The van der Waals surface area contributed by atoms with Gasteiger partial charge in [0.15, 0.2) is 0 Å². The number of rotatable bonds is 4. The molecule has 3 N–H and O–H groups in total. The number of nitrogens with one attached hydrogen (secondary N) is 3. The van der Waals surface area contributed by atoms with E-state index in [0.29, 0.717) is 19.5 Å². The predicted molar refractivity (Wildman–Crippen MR) is 64.7 cm³/mol. The summed E-state index contributed by atoms with van der Waals surface area (Å²) >= 11 is 0. The Kier molecular flexibility index (Phi) is 3.93. The van der Waals surface area contributed by atoms with Gasteiger partial charge in [-0.3, -0.25) is 14.9 Å². The van der Waals surface area contributed by atoms with Gasteiger partial charge in [-0.25, -0.2) is 4.98 Å². The Morgan fingerprint density at radius 1 is 1.67 bits per heavy atom. The maximum atomic E-state index is 11.8. The fourth-order valence-corrected chi connectivity index (χ4v) is 1.81. The lowest BCUT2D eigenvalue weighted by Gasteiger charge is -2.23. The van der Waals surface area contributed by atoms with Gasteiger partial charge in [0.2, 0.25) is 11.8 Å². The van der Waals surface area contributed by atoms with E-state index in [9.17, 15) is 9.59 Å². The second-order valence-corrected chi connectivity index (χ2v) is 4.23. The monoisotopic (exact) mass is 251 g/mol. The van der Waals surface area contributed by atoms with Crippen LogP contribution in [-0.4, -0.2) is 47.0 Å². The zero-order chi connectivity index (χ0) is 13.0. The smallest absolute Gasteiger partial charge is 0.238 e. The number of carbonyl (C=O) groups excluding carboxylic acids is 2. The van der Waals surface area contributed by atoms with E-state index in [2.05, 4.69) is 20.9 Å². The molecule has 98 valence electrons. The maximum absolute atomic E-state index is 11.8. The van der Waals surface area contributed by atoms with Crippen LogP contribution in [0.4, 0.5) is 0 Å². The van der Waals surface area contributed by atoms with Crippen LogP contribution in [0.3, 0.4) is 0 Å². The first-order valence-electron chi connectivity index (χ1n) is 5.91. The Balaban J connectivity index is 1.72. The summed E-state index contributed by atoms with van der Waals surface area (Å²) in [5, 5.41) is 8.35. The first-order valence-corrected chi connectivity index (χ1v) is 5.91. The van der Waals surface area contributed by atoms with Crippen LogP contribution in [0.2, 0.25) is 0 Å². The number of aryl methyl sites for hydroxylation is 1. The molecule has 0 bridgehead atoms. The highest BCUT2D eigenvalue weighted by molar-refractivity contribution is 5.86. The molecule has 1 aromatic heterocycles. The van der Waals surface area contributed by atoms with Crippen molar-refractivity contribution >= 4 is 11.8 Å². The van der Waals surface area contributed by atoms with Crippen LogP contribution in [0.25, 0.3) is 0 Å². The molecule has 0 spiro atoms. The highest BCUT2D eigenvalue weighted by Gasteiger charge is 2.23. The van der Waals surface area contributed by atoms with Crippen molar-refractivity contribution in [2.45, 2.75) is 12.5 Å². The summed E-state index contributed by atoms with van der Waals surface area (Å²) in [6.07, 6.45) is 4.29. The van der Waals surface area contributed by atoms with Gasteiger partial charge in [-0.1, -0.05) is 0 Å². The molecular formula is C11H17N5O2. The topological polar surface area (TPSA) is 88.1 Å². The zero-order valence-electron chi connectivity index (χ0n) is 10.3. The fourth-order valence-electron chi connectivity index (χ4n) is 1.81. The van der Waals surface area contributed by atoms with E-state index in [1.165, 1.54) is 0 Å². The van der Waals surface area contributed by atoms with Crippen LogP contribution >= 0.6 is 0 Å². The number of hydrogen-bond acceptors (Lipinski definition) is 4. The Hall–Kier alpha value is -1.89. The summed E-state index contributed by atoms with van der Waals surface area (Å²) in [5.41, 5.74) is 0. The van der Waals surface area contributed by atoms with Gasteiger partial charge < -0.3 is 15.2 Å². The Morgan fingerprint density at radius 2 is 2.50 bits per heavy atom. The summed E-state index contributed by atoms with van der Waals surface area (Å²) < 4.78 is 1.92. The van der Waals surface area contributed by atoms with E-state index in [4.69, 9.17) is 0 Å². The highest BCUT2D eigenvalue weighted by Crippen LogP contribution is 1.94. The first kappa shape index (κ1) is 12.6. The van der Waals surface area contributed by atoms with Gasteiger partial charge in [0, 0.05) is 39.0 Å². The lowest BCUT2D eigenvalue weighted by atomic mass is 10.2. The molecule has 0 aliphatic carbocycles. The largest absolute Gasteiger partial charge is 0.354 e. The number of amides is 2. The third-order valence-corrected chi connectivity index (χ3v) is 2.90. The Labute approximate surface area is 105 Å². The Bertz CT molecular complexity index is 432. The number of hydrogen-bond donors (Lipinski definition) is 3. The molecule has 1 unspecified atom stereocenters. The minimum absolute atomic E-state index is 0.0768. The molecule has 1 aliphatic heterocycles. The lowest BCUT2D eigenvalue weighted by molar-refractivity contribution is -0.126. The van der Waals surface area contributed by atoms with Gasteiger partial charge >= 0.3 is 0 Å². The summed E-state index contributed by atoms with van der Waals surface area (Å²) in [4.78, 5) is 26.9. The molecule has 1 aliphatic rings. The quantitative estimate of drug-likeness (QED) is 0.587. The van der Waals surface area contributed by atoms with Crippen LogP contribution in [0.5, 0.6) is 0 Å². The third-order valence-electron chi connectivity index (χ3n) is 2.90. The van der Waals surface area contributed by atoms with Crippen LogP contribution in [-0.2, 0) is 23.1 Å². The van der Waals surface area contributed by atoms with E-state index in [1.807, 2.05) is 17.8 Å². The number of carbonyl (C=O) groups is 2. The van der Waals surface area contributed by atoms with E-state index < -0.39 is 0 Å². The minimum atomic E-state index is -0.343. The summed E-state index contributed by atoms with van der Waals surface area (Å²) in [6, 6.07) is -0.343. The van der Waals surface area contributed by atoms with Crippen molar-refractivity contribution in [1.29, 1.82) is 0 Å². The van der Waals surface area contributed by atoms with Crippen LogP contribution in [0, 0.1) is 0 Å². The molecule has 0 aromatic carbocycles. The Morgan fingerprint density at radius 3 is 3.11 bits per heavy atom. The average Bonchev–Trinajstić information content (AvgIpc) is 2.76. The highest BCUT2D eigenvalue weighted by atomic mass is 16.2. The molecule has 1 saturated heterocycles. The van der Waals surface area contributed by atoms with Crippen molar-refractivity contribution in [1.82, 2.24) is 25.5 Å². The van der Waals surface area contributed by atoms with Gasteiger partial charge in [-0.15, -0.1) is 0 Å². The molecular weight excluding hydrogens is 234 g/mol. The molecule has 2 amide bonds. The van der Waals surface area contributed by atoms with Gasteiger partial charge in [0.05, 0.1) is 6.54 Å². The number of imidazole rings is 1. The van der Waals surface area contributed by atoms with E-state index >= 15 is 0 Å². The standard InChI is InChI=1S/C11H17N5O2/c1-16-5-4-12-9(16)2-3-13-11(18)8-6-15-10(17)7-14-8/h4-5,8,14H,2-3,6-7H2,1H3,(H,13,18)(H,15,17). The van der Waals surface area contributed by atoms with Gasteiger partial charge in [0.25, 0.3) is 0 Å². The summed E-state index contributed by atoms with van der Waals surface area (Å²) in [6.45, 7) is 1.07. The molecule has 18 heavy (non-hydrogen) atoms. The number of nitrogens with zero attached hydrogens (tertiary/aromatic N) is 2. The van der Waals surface area contributed by atoms with Crippen LogP contribution in [0.1, 0.15) is 5.82 Å². The lowest BCUT2D eigenvalue weighted by Crippen LogP contribution is -2.58. The van der Waals surface area contributed by atoms with Crippen molar-refractivity contribution in [2.75, 3.05) is 19.6 Å². The van der Waals surface area contributed by atoms with E-state index in [-0.39, 0.29) is 24.4 Å². The molecule has 0 saturated carbocycles. The van der Waals surface area contributed by atoms with Crippen molar-refractivity contribution in [2.24, 2.45) is 7.05 Å². The molecule has 7 heteroatoms.